The van der Waals surface area contributed by atoms with E-state index in [1.807, 2.05) is 22.1 Å². The van der Waals surface area contributed by atoms with E-state index in [9.17, 15) is 4.79 Å². The van der Waals surface area contributed by atoms with Gasteiger partial charge in [-0.15, -0.1) is 0 Å². The Morgan fingerprint density at radius 1 is 1.33 bits per heavy atom. The SMILES string of the molecule is CC(C)[C@H]1CN(CCCO[Si](C)(C)C(C)(C)C)C(=O)N1c1ccn2ncc(Br)c2n1. The summed E-state index contributed by atoms with van der Waals surface area (Å²) in [6.07, 6.45) is 4.41. The van der Waals surface area contributed by atoms with E-state index in [0.29, 0.717) is 37.1 Å². The van der Waals surface area contributed by atoms with Crippen molar-refractivity contribution in [2.75, 3.05) is 24.6 Å². The fourth-order valence-corrected chi connectivity index (χ4v) is 4.86. The molecule has 0 spiro atoms. The molecular weight excluding hydrogens is 462 g/mol. The molecule has 1 fully saturated rings. The van der Waals surface area contributed by atoms with Crippen LogP contribution in [-0.4, -0.2) is 59.6 Å². The normalized spacial score (nSPS) is 18.3. The van der Waals surface area contributed by atoms with Crippen molar-refractivity contribution in [3.05, 3.63) is 22.9 Å². The summed E-state index contributed by atoms with van der Waals surface area (Å²) in [5, 5.41) is 4.44. The number of rotatable bonds is 7. The Labute approximate surface area is 189 Å². The van der Waals surface area contributed by atoms with Gasteiger partial charge in [-0.25, -0.2) is 14.3 Å². The van der Waals surface area contributed by atoms with Crippen molar-refractivity contribution >= 4 is 41.7 Å². The molecule has 2 amide bonds. The number of fused-ring (bicyclic) bond motifs is 1. The highest BCUT2D eigenvalue weighted by atomic mass is 79.9. The molecular formula is C21H34BrN5O2Si. The lowest BCUT2D eigenvalue weighted by Crippen LogP contribution is -2.41. The molecule has 3 rings (SSSR count). The third kappa shape index (κ3) is 4.57. The van der Waals surface area contributed by atoms with Gasteiger partial charge in [-0.05, 0) is 52.5 Å². The third-order valence-corrected chi connectivity index (χ3v) is 11.5. The van der Waals surface area contributed by atoms with Crippen LogP contribution < -0.4 is 4.90 Å². The lowest BCUT2D eigenvalue weighted by atomic mass is 10.0. The van der Waals surface area contributed by atoms with Crippen LogP contribution in [0.5, 0.6) is 0 Å². The van der Waals surface area contributed by atoms with Crippen LogP contribution in [0.25, 0.3) is 5.65 Å². The number of amides is 2. The minimum absolute atomic E-state index is 0.0218. The molecule has 166 valence electrons. The van der Waals surface area contributed by atoms with Crippen molar-refractivity contribution in [1.29, 1.82) is 0 Å². The summed E-state index contributed by atoms with van der Waals surface area (Å²) in [4.78, 5) is 21.8. The lowest BCUT2D eigenvalue weighted by molar-refractivity contribution is 0.211. The summed E-state index contributed by atoms with van der Waals surface area (Å²) in [5.41, 5.74) is 0.712. The van der Waals surface area contributed by atoms with Crippen molar-refractivity contribution in [2.45, 2.75) is 65.2 Å². The Bertz CT molecular complexity index is 908. The van der Waals surface area contributed by atoms with E-state index in [0.717, 1.165) is 10.9 Å². The summed E-state index contributed by atoms with van der Waals surface area (Å²) in [6, 6.07) is 1.98. The second-order valence-corrected chi connectivity index (χ2v) is 15.6. The second-order valence-electron chi connectivity index (χ2n) is 9.92. The van der Waals surface area contributed by atoms with Crippen LogP contribution in [0.4, 0.5) is 10.6 Å². The van der Waals surface area contributed by atoms with Gasteiger partial charge in [0.1, 0.15) is 5.82 Å². The number of aromatic nitrogens is 3. The van der Waals surface area contributed by atoms with Gasteiger partial charge in [0.05, 0.1) is 16.7 Å². The van der Waals surface area contributed by atoms with E-state index in [4.69, 9.17) is 9.41 Å². The molecule has 2 aromatic rings. The number of carbonyl (C=O) groups is 1. The summed E-state index contributed by atoms with van der Waals surface area (Å²) in [7, 11) is -1.76. The second kappa shape index (κ2) is 8.59. The zero-order chi connectivity index (χ0) is 22.3. The number of hydrogen-bond donors (Lipinski definition) is 0. The molecule has 1 saturated heterocycles. The van der Waals surface area contributed by atoms with E-state index < -0.39 is 8.32 Å². The highest BCUT2D eigenvalue weighted by molar-refractivity contribution is 9.10. The first-order valence-electron chi connectivity index (χ1n) is 10.6. The fourth-order valence-electron chi connectivity index (χ4n) is 3.41. The van der Waals surface area contributed by atoms with Crippen LogP contribution in [0.3, 0.4) is 0 Å². The number of carbonyl (C=O) groups excluding carboxylic acids is 1. The van der Waals surface area contributed by atoms with E-state index in [-0.39, 0.29) is 17.1 Å². The highest BCUT2D eigenvalue weighted by Crippen LogP contribution is 2.36. The topological polar surface area (TPSA) is 63.0 Å². The van der Waals surface area contributed by atoms with Gasteiger partial charge < -0.3 is 9.33 Å². The first-order chi connectivity index (χ1) is 13.9. The zero-order valence-corrected chi connectivity index (χ0v) is 21.7. The summed E-state index contributed by atoms with van der Waals surface area (Å²) >= 11 is 3.48. The largest absolute Gasteiger partial charge is 0.417 e. The van der Waals surface area contributed by atoms with Crippen LogP contribution in [0.2, 0.25) is 18.1 Å². The molecule has 3 heterocycles. The maximum Gasteiger partial charge on any atom is 0.326 e. The maximum absolute atomic E-state index is 13.3. The molecule has 0 N–H and O–H groups in total. The molecule has 7 nitrogen and oxygen atoms in total. The number of hydrogen-bond acceptors (Lipinski definition) is 4. The monoisotopic (exact) mass is 495 g/mol. The molecule has 30 heavy (non-hydrogen) atoms. The molecule has 1 atom stereocenters. The summed E-state index contributed by atoms with van der Waals surface area (Å²) < 4.78 is 8.81. The molecule has 0 aliphatic carbocycles. The zero-order valence-electron chi connectivity index (χ0n) is 19.1. The Balaban J connectivity index is 1.70. The van der Waals surface area contributed by atoms with E-state index in [1.54, 1.807) is 10.7 Å². The van der Waals surface area contributed by atoms with Gasteiger partial charge in [-0.3, -0.25) is 4.90 Å². The summed E-state index contributed by atoms with van der Waals surface area (Å²) in [6.45, 7) is 17.7. The van der Waals surface area contributed by atoms with Crippen molar-refractivity contribution in [1.82, 2.24) is 19.5 Å². The molecule has 0 saturated carbocycles. The average molecular weight is 497 g/mol. The predicted octanol–water partition coefficient (Wildman–Crippen LogP) is 5.17. The first-order valence-corrected chi connectivity index (χ1v) is 14.3. The number of anilines is 1. The van der Waals surface area contributed by atoms with Crippen molar-refractivity contribution in [3.8, 4) is 0 Å². The molecule has 1 aliphatic heterocycles. The Morgan fingerprint density at radius 3 is 2.67 bits per heavy atom. The quantitative estimate of drug-likeness (QED) is 0.392. The van der Waals surface area contributed by atoms with Gasteiger partial charge in [-0.1, -0.05) is 34.6 Å². The number of urea groups is 1. The Hall–Kier alpha value is -1.45. The van der Waals surface area contributed by atoms with Gasteiger partial charge in [0.25, 0.3) is 0 Å². The van der Waals surface area contributed by atoms with Crippen LogP contribution in [-0.2, 0) is 4.43 Å². The standard InChI is InChI=1S/C21H34BrN5O2Si/c1-15(2)17-14-25(10-8-12-29-30(6,7)21(3,4)5)20(28)27(17)18-9-11-26-19(24-18)16(22)13-23-26/h9,11,13,15,17H,8,10,12,14H2,1-7H3/t17-/m1/s1. The van der Waals surface area contributed by atoms with Gasteiger partial charge in [0.2, 0.25) is 0 Å². The third-order valence-electron chi connectivity index (χ3n) is 6.38. The van der Waals surface area contributed by atoms with Crippen LogP contribution >= 0.6 is 15.9 Å². The highest BCUT2D eigenvalue weighted by Gasteiger charge is 2.41. The predicted molar refractivity (Wildman–Crippen MR) is 127 cm³/mol. The average Bonchev–Trinajstić information content (AvgIpc) is 3.18. The van der Waals surface area contributed by atoms with E-state index in [2.05, 4.69) is 68.7 Å². The Kier molecular flexibility index (Phi) is 6.65. The molecule has 0 radical (unpaired) electrons. The fraction of sp³-hybridized carbons (Fsp3) is 0.667. The van der Waals surface area contributed by atoms with Crippen LogP contribution in [0.15, 0.2) is 22.9 Å². The minimum atomic E-state index is -1.76. The van der Waals surface area contributed by atoms with Crippen molar-refractivity contribution < 1.29 is 9.22 Å². The van der Waals surface area contributed by atoms with Crippen molar-refractivity contribution in [3.63, 3.8) is 0 Å². The van der Waals surface area contributed by atoms with Gasteiger partial charge in [0.15, 0.2) is 14.0 Å². The minimum Gasteiger partial charge on any atom is -0.417 e. The Morgan fingerprint density at radius 2 is 2.03 bits per heavy atom. The van der Waals surface area contributed by atoms with Gasteiger partial charge in [0, 0.05) is 25.9 Å². The smallest absolute Gasteiger partial charge is 0.326 e. The van der Waals surface area contributed by atoms with Crippen LogP contribution in [0, 0.1) is 5.92 Å². The van der Waals surface area contributed by atoms with Crippen LogP contribution in [0.1, 0.15) is 41.0 Å². The molecule has 0 aromatic carbocycles. The molecule has 0 bridgehead atoms. The summed E-state index contributed by atoms with van der Waals surface area (Å²) in [5.74, 6) is 1.00. The number of halogens is 1. The van der Waals surface area contributed by atoms with Gasteiger partial charge in [-0.2, -0.15) is 5.10 Å². The van der Waals surface area contributed by atoms with E-state index in [1.165, 1.54) is 0 Å². The van der Waals surface area contributed by atoms with Gasteiger partial charge >= 0.3 is 6.03 Å². The molecule has 2 aromatic heterocycles. The molecule has 1 aliphatic rings. The maximum atomic E-state index is 13.3. The number of nitrogens with zero attached hydrogens (tertiary/aromatic N) is 5. The van der Waals surface area contributed by atoms with Crippen molar-refractivity contribution in [2.24, 2.45) is 5.92 Å². The molecule has 9 heteroatoms. The first kappa shape index (κ1) is 23.2. The van der Waals surface area contributed by atoms with E-state index >= 15 is 0 Å². The molecule has 0 unspecified atom stereocenters. The lowest BCUT2D eigenvalue weighted by Gasteiger charge is -2.36.